The van der Waals surface area contributed by atoms with E-state index in [0.717, 1.165) is 19.3 Å². The van der Waals surface area contributed by atoms with E-state index in [1.165, 1.54) is 24.2 Å². The Morgan fingerprint density at radius 3 is 2.52 bits per heavy atom. The van der Waals surface area contributed by atoms with Crippen molar-refractivity contribution < 1.29 is 19.4 Å². The zero-order chi connectivity index (χ0) is 18.6. The van der Waals surface area contributed by atoms with Crippen molar-refractivity contribution in [2.24, 2.45) is 11.8 Å². The van der Waals surface area contributed by atoms with E-state index in [-0.39, 0.29) is 24.0 Å². The van der Waals surface area contributed by atoms with Gasteiger partial charge in [0.25, 0.3) is 0 Å². The van der Waals surface area contributed by atoms with Crippen LogP contribution in [0.1, 0.15) is 72.1 Å². The maximum atomic E-state index is 12.2. The summed E-state index contributed by atoms with van der Waals surface area (Å²) >= 11 is 0. The van der Waals surface area contributed by atoms with E-state index in [4.69, 9.17) is 4.74 Å². The molecule has 0 aromatic heterocycles. The van der Waals surface area contributed by atoms with Crippen molar-refractivity contribution >= 4 is 12.1 Å². The first-order chi connectivity index (χ1) is 11.7. The van der Waals surface area contributed by atoms with Crippen LogP contribution in [0, 0.1) is 11.8 Å². The smallest absolute Gasteiger partial charge is 0.408 e. The summed E-state index contributed by atoms with van der Waals surface area (Å²) in [6.45, 7) is 9.44. The van der Waals surface area contributed by atoms with Crippen LogP contribution in [-0.2, 0) is 9.53 Å². The van der Waals surface area contributed by atoms with Crippen LogP contribution in [0.15, 0.2) is 12.7 Å². The Morgan fingerprint density at radius 2 is 2.00 bits per heavy atom. The van der Waals surface area contributed by atoms with Crippen molar-refractivity contribution in [3.05, 3.63) is 12.7 Å². The first-order valence-electron chi connectivity index (χ1n) is 9.57. The fourth-order valence-corrected chi connectivity index (χ4v) is 4.41. The zero-order valence-corrected chi connectivity index (χ0v) is 15.9. The Labute approximate surface area is 151 Å². The largest absolute Gasteiger partial charge is 0.465 e. The van der Waals surface area contributed by atoms with Crippen LogP contribution < -0.4 is 0 Å². The molecule has 2 fully saturated rings. The van der Waals surface area contributed by atoms with Gasteiger partial charge in [-0.1, -0.05) is 38.2 Å². The van der Waals surface area contributed by atoms with E-state index >= 15 is 0 Å². The van der Waals surface area contributed by atoms with Gasteiger partial charge in [-0.2, -0.15) is 0 Å². The van der Waals surface area contributed by atoms with Gasteiger partial charge in [-0.3, -0.25) is 9.69 Å². The molecule has 2 aliphatic rings. The van der Waals surface area contributed by atoms with Crippen LogP contribution in [0.2, 0.25) is 0 Å². The summed E-state index contributed by atoms with van der Waals surface area (Å²) in [5.41, 5.74) is -0.534. The number of carbonyl (C=O) groups excluding carboxylic acids is 1. The summed E-state index contributed by atoms with van der Waals surface area (Å²) in [6, 6.07) is -0.278. The maximum absolute atomic E-state index is 12.2. The van der Waals surface area contributed by atoms with Crippen molar-refractivity contribution in [3.63, 3.8) is 0 Å². The van der Waals surface area contributed by atoms with Gasteiger partial charge in [0.05, 0.1) is 12.0 Å². The summed E-state index contributed by atoms with van der Waals surface area (Å²) in [7, 11) is 0. The molecule has 1 saturated carbocycles. The molecular formula is C20H33NO4. The molecule has 3 unspecified atom stereocenters. The topological polar surface area (TPSA) is 66.8 Å². The second kappa shape index (κ2) is 8.24. The highest BCUT2D eigenvalue weighted by molar-refractivity contribution is 5.75. The van der Waals surface area contributed by atoms with Crippen LogP contribution in [0.3, 0.4) is 0 Å². The lowest BCUT2D eigenvalue weighted by Crippen LogP contribution is -2.56. The SMILES string of the molecule is C=CCC1CC(C(CC2CCCCC2)N(C(=O)O)C(C)(C)C)OC1=O. The fourth-order valence-electron chi connectivity index (χ4n) is 4.41. The average molecular weight is 351 g/mol. The Kier molecular flexibility index (Phi) is 6.53. The lowest BCUT2D eigenvalue weighted by molar-refractivity contribution is -0.147. The molecule has 3 atom stereocenters. The van der Waals surface area contributed by atoms with Crippen molar-refractivity contribution in [1.82, 2.24) is 4.90 Å². The Morgan fingerprint density at radius 1 is 1.36 bits per heavy atom. The van der Waals surface area contributed by atoms with E-state index in [0.29, 0.717) is 18.8 Å². The van der Waals surface area contributed by atoms with E-state index < -0.39 is 11.6 Å². The average Bonchev–Trinajstić information content (AvgIpc) is 2.87. The normalized spacial score (nSPS) is 26.1. The van der Waals surface area contributed by atoms with E-state index in [2.05, 4.69) is 6.58 Å². The number of allylic oxidation sites excluding steroid dienone is 1. The van der Waals surface area contributed by atoms with Crippen LogP contribution >= 0.6 is 0 Å². The number of hydrogen-bond acceptors (Lipinski definition) is 3. The molecule has 5 heteroatoms. The molecule has 0 aromatic carbocycles. The molecule has 142 valence electrons. The molecule has 1 aliphatic heterocycles. The minimum absolute atomic E-state index is 0.188. The number of esters is 1. The number of cyclic esters (lactones) is 1. The third-order valence-corrected chi connectivity index (χ3v) is 5.56. The zero-order valence-electron chi connectivity index (χ0n) is 15.9. The number of ether oxygens (including phenoxy) is 1. The molecule has 5 nitrogen and oxygen atoms in total. The summed E-state index contributed by atoms with van der Waals surface area (Å²) < 4.78 is 5.66. The van der Waals surface area contributed by atoms with Crippen molar-refractivity contribution in [2.45, 2.75) is 89.8 Å². The van der Waals surface area contributed by atoms with Gasteiger partial charge in [-0.05, 0) is 46.0 Å². The molecule has 0 spiro atoms. The third-order valence-electron chi connectivity index (χ3n) is 5.56. The van der Waals surface area contributed by atoms with Crippen LogP contribution in [-0.4, -0.2) is 39.8 Å². The molecular weight excluding hydrogens is 318 g/mol. The third kappa shape index (κ3) is 4.99. The van der Waals surface area contributed by atoms with Gasteiger partial charge in [0, 0.05) is 5.54 Å². The monoisotopic (exact) mass is 351 g/mol. The number of hydrogen-bond donors (Lipinski definition) is 1. The van der Waals surface area contributed by atoms with Crippen LogP contribution in [0.25, 0.3) is 0 Å². The lowest BCUT2D eigenvalue weighted by atomic mass is 9.81. The summed E-state index contributed by atoms with van der Waals surface area (Å²) in [6.07, 6.45) is 8.39. The first kappa shape index (κ1) is 19.8. The van der Waals surface area contributed by atoms with E-state index in [1.807, 2.05) is 20.8 Å². The van der Waals surface area contributed by atoms with Crippen molar-refractivity contribution in [3.8, 4) is 0 Å². The predicted octanol–water partition coefficient (Wildman–Crippen LogP) is 4.61. The van der Waals surface area contributed by atoms with Gasteiger partial charge in [0.1, 0.15) is 6.10 Å². The van der Waals surface area contributed by atoms with E-state index in [9.17, 15) is 14.7 Å². The number of rotatable bonds is 6. The van der Waals surface area contributed by atoms with Gasteiger partial charge in [0.2, 0.25) is 0 Å². The molecule has 1 N–H and O–H groups in total. The molecule has 0 radical (unpaired) electrons. The second-order valence-corrected chi connectivity index (χ2v) is 8.56. The standard InChI is InChI=1S/C20H33NO4/c1-5-9-15-13-17(25-18(15)22)16(12-14-10-7-6-8-11-14)21(19(23)24)20(2,3)4/h5,14-17H,1,6-13H2,2-4H3,(H,23,24). The Balaban J connectivity index is 2.23. The molecule has 1 amide bonds. The molecule has 0 aromatic rings. The highest BCUT2D eigenvalue weighted by Crippen LogP contribution is 2.37. The molecule has 1 heterocycles. The molecule has 1 aliphatic carbocycles. The van der Waals surface area contributed by atoms with Crippen LogP contribution in [0.5, 0.6) is 0 Å². The predicted molar refractivity (Wildman–Crippen MR) is 97.4 cm³/mol. The molecule has 2 rings (SSSR count). The van der Waals surface area contributed by atoms with Crippen LogP contribution in [0.4, 0.5) is 4.79 Å². The molecule has 25 heavy (non-hydrogen) atoms. The summed E-state index contributed by atoms with van der Waals surface area (Å²) in [4.78, 5) is 25.7. The number of amides is 1. The first-order valence-corrected chi connectivity index (χ1v) is 9.57. The van der Waals surface area contributed by atoms with Gasteiger partial charge < -0.3 is 9.84 Å². The van der Waals surface area contributed by atoms with Gasteiger partial charge in [0.15, 0.2) is 0 Å². The lowest BCUT2D eigenvalue weighted by Gasteiger charge is -2.43. The number of nitrogens with zero attached hydrogens (tertiary/aromatic N) is 1. The second-order valence-electron chi connectivity index (χ2n) is 8.56. The minimum Gasteiger partial charge on any atom is -0.465 e. The quantitative estimate of drug-likeness (QED) is 0.560. The minimum atomic E-state index is -0.934. The van der Waals surface area contributed by atoms with Crippen molar-refractivity contribution in [1.29, 1.82) is 0 Å². The maximum Gasteiger partial charge on any atom is 0.408 e. The van der Waals surface area contributed by atoms with Crippen molar-refractivity contribution in [2.75, 3.05) is 0 Å². The summed E-state index contributed by atoms with van der Waals surface area (Å²) in [5, 5.41) is 9.87. The number of carbonyl (C=O) groups is 2. The highest BCUT2D eigenvalue weighted by Gasteiger charge is 2.45. The molecule has 1 saturated heterocycles. The summed E-state index contributed by atoms with van der Waals surface area (Å²) in [5.74, 6) is 0.116. The molecule has 0 bridgehead atoms. The van der Waals surface area contributed by atoms with E-state index in [1.54, 1.807) is 6.08 Å². The highest BCUT2D eigenvalue weighted by atomic mass is 16.6. The Bertz CT molecular complexity index is 490. The van der Waals surface area contributed by atoms with Gasteiger partial charge >= 0.3 is 12.1 Å². The fraction of sp³-hybridized carbons (Fsp3) is 0.800. The van der Waals surface area contributed by atoms with Gasteiger partial charge in [-0.25, -0.2) is 4.79 Å². The van der Waals surface area contributed by atoms with Gasteiger partial charge in [-0.15, -0.1) is 6.58 Å². The number of carboxylic acid groups (broad SMARTS) is 1. The Hall–Kier alpha value is -1.52.